The van der Waals surface area contributed by atoms with E-state index >= 15 is 0 Å². The Balaban J connectivity index is 0.000000186. The van der Waals surface area contributed by atoms with Crippen molar-refractivity contribution >= 4 is 91.8 Å². The Morgan fingerprint density at radius 2 is 0.500 bits per heavy atom. The van der Waals surface area contributed by atoms with Crippen LogP contribution in [0.25, 0.3) is 44.8 Å². The van der Waals surface area contributed by atoms with Crippen LogP contribution >= 0.6 is 0 Å². The number of rotatable bonds is 18. The number of allylic oxidation sites excluding steroid dienone is 4. The summed E-state index contributed by atoms with van der Waals surface area (Å²) in [4.78, 5) is 64.4. The zero-order chi connectivity index (χ0) is 77.7. The third-order valence-electron chi connectivity index (χ3n) is 15.8. The third kappa shape index (κ3) is 28.5. The molecule has 0 amide bonds. The third-order valence-corrected chi connectivity index (χ3v) is 15.8. The predicted molar refractivity (Wildman–Crippen MR) is 424 cm³/mol. The Labute approximate surface area is 730 Å². The van der Waals surface area contributed by atoms with Gasteiger partial charge in [-0.3, -0.25) is 29.2 Å². The summed E-state index contributed by atoms with van der Waals surface area (Å²) in [6.45, 7) is 0. The van der Waals surface area contributed by atoms with Gasteiger partial charge in [-0.2, -0.15) is 0 Å². The van der Waals surface area contributed by atoms with Gasteiger partial charge in [0, 0.05) is 22.3 Å². The number of pyridine rings is 2. The Morgan fingerprint density at radius 1 is 0.277 bits per heavy atom. The number of benzene rings is 12. The van der Waals surface area contributed by atoms with Gasteiger partial charge in [-0.05, 0) is 118 Å². The molecule has 0 atom stereocenters. The van der Waals surface area contributed by atoms with Crippen molar-refractivity contribution in [2.24, 2.45) is 9.98 Å². The Morgan fingerprint density at radius 3 is 0.723 bits per heavy atom. The Kier molecular flexibility index (Phi) is 36.7. The van der Waals surface area contributed by atoms with E-state index in [1.165, 1.54) is 12.1 Å². The van der Waals surface area contributed by atoms with E-state index in [-0.39, 0.29) is 156 Å². The van der Waals surface area contributed by atoms with E-state index in [2.05, 4.69) is 20.0 Å². The van der Waals surface area contributed by atoms with Gasteiger partial charge < -0.3 is 40.1 Å². The Hall–Kier alpha value is -12.0. The van der Waals surface area contributed by atoms with E-state index in [1.807, 2.05) is 133 Å². The average Bonchev–Trinajstić information content (AvgIpc) is 0.824. The molecule has 16 nitrogen and oxygen atoms in total. The van der Waals surface area contributed by atoms with Crippen molar-refractivity contribution < 1.29 is 158 Å². The van der Waals surface area contributed by atoms with Gasteiger partial charge >= 0.3 is 98.8 Å². The maximum Gasteiger partial charge on any atom is 3.00 e. The van der Waals surface area contributed by atoms with Crippen molar-refractivity contribution in [3.05, 3.63) is 432 Å². The molecule has 0 radical (unpaired) electrons. The van der Waals surface area contributed by atoms with Gasteiger partial charge in [0.25, 0.3) is 0 Å². The Bertz CT molecular complexity index is 4940. The summed E-state index contributed by atoms with van der Waals surface area (Å²) in [5.41, 5.74) is 8.04. The number of aliphatic imine (C=N–C) groups is 2. The largest absolute Gasteiger partial charge is 3.00 e. The second-order valence-corrected chi connectivity index (χ2v) is 23.5. The summed E-state index contributed by atoms with van der Waals surface area (Å²) >= 11 is 0. The summed E-state index contributed by atoms with van der Waals surface area (Å²) < 4.78 is 10.2. The minimum Gasteiger partial charge on any atom is -0.872 e. The van der Waals surface area contributed by atoms with Crippen LogP contribution in [-0.2, 0) is 0 Å². The monoisotopic (exact) mass is 1750 g/mol. The first kappa shape index (κ1) is 87.2. The van der Waals surface area contributed by atoms with Crippen LogP contribution in [0.5, 0.6) is 23.0 Å². The fourth-order valence-corrected chi connectivity index (χ4v) is 9.99. The van der Waals surface area contributed by atoms with Gasteiger partial charge in [-0.25, -0.2) is 9.97 Å². The molecular formula is C94H70Eu2N4O12. The molecule has 2 heterocycles. The topological polar surface area (TPSA) is 276 Å². The van der Waals surface area contributed by atoms with Crippen molar-refractivity contribution in [2.45, 2.75) is 0 Å². The quantitative estimate of drug-likeness (QED) is 0.0334. The van der Waals surface area contributed by atoms with Gasteiger partial charge in [0.15, 0.2) is 23.1 Å². The number of ether oxygens (including phenoxy) is 2. The molecule has 0 fully saturated rings. The van der Waals surface area contributed by atoms with Crippen LogP contribution in [0.3, 0.4) is 0 Å². The molecule has 12 aromatic carbocycles. The van der Waals surface area contributed by atoms with Gasteiger partial charge in [-0.15, -0.1) is 0 Å². The van der Waals surface area contributed by atoms with E-state index in [0.717, 1.165) is 58.0 Å². The maximum atomic E-state index is 11.8. The van der Waals surface area contributed by atoms with Crippen molar-refractivity contribution in [1.29, 1.82) is 0 Å². The number of ketones is 4. The van der Waals surface area contributed by atoms with Crippen molar-refractivity contribution in [2.75, 3.05) is 14.2 Å². The van der Waals surface area contributed by atoms with E-state index in [9.17, 15) is 49.8 Å². The summed E-state index contributed by atoms with van der Waals surface area (Å²) in [7, 11) is 3.25. The van der Waals surface area contributed by atoms with E-state index < -0.39 is 0 Å². The number of carbonyl (C=O) groups excluding carboxylic acids is 4. The van der Waals surface area contributed by atoms with Crippen LogP contribution in [-0.4, -0.2) is 59.7 Å². The molecule has 0 spiro atoms. The number of hydrogen-bond acceptors (Lipinski definition) is 16. The zero-order valence-electron chi connectivity index (χ0n) is 60.4. The van der Waals surface area contributed by atoms with E-state index in [4.69, 9.17) is 9.47 Å². The molecule has 0 saturated heterocycles. The minimum atomic E-state index is -0.264. The van der Waals surface area contributed by atoms with Crippen LogP contribution in [0, 0.1) is 98.8 Å². The van der Waals surface area contributed by atoms with E-state index in [0.29, 0.717) is 66.9 Å². The summed E-state index contributed by atoms with van der Waals surface area (Å²) in [6.07, 6.45) is 7.81. The first-order valence-corrected chi connectivity index (χ1v) is 34.2. The van der Waals surface area contributed by atoms with Crippen LogP contribution in [0.1, 0.15) is 75.1 Å². The molecule has 112 heavy (non-hydrogen) atoms. The molecule has 14 rings (SSSR count). The fraction of sp³-hybridized carbons (Fsp3) is 0.0213. The number of fused-ring (bicyclic) bond motifs is 2. The number of aromatic nitrogens is 2. The van der Waals surface area contributed by atoms with Crippen molar-refractivity contribution in [1.82, 2.24) is 9.97 Å². The van der Waals surface area contributed by atoms with Gasteiger partial charge in [0.2, 0.25) is 0 Å². The minimum absolute atomic E-state index is 0. The van der Waals surface area contributed by atoms with Crippen LogP contribution in [0.2, 0.25) is 0 Å². The summed E-state index contributed by atoms with van der Waals surface area (Å²) in [6, 6.07) is 103. The normalized spacial score (nSPS) is 10.9. The molecule has 0 aliphatic rings. The average molecular weight is 1750 g/mol. The summed E-state index contributed by atoms with van der Waals surface area (Å²) in [5.74, 6) is -0.697. The molecule has 2 aromatic heterocycles. The zero-order valence-corrected chi connectivity index (χ0v) is 65.2. The van der Waals surface area contributed by atoms with Crippen LogP contribution in [0.15, 0.2) is 386 Å². The van der Waals surface area contributed by atoms with Gasteiger partial charge in [0.1, 0.15) is 11.5 Å². The fourth-order valence-electron chi connectivity index (χ4n) is 9.99. The molecule has 0 saturated carbocycles. The number of methoxy groups -OCH3 is 2. The molecule has 552 valence electrons. The van der Waals surface area contributed by atoms with E-state index in [1.54, 1.807) is 233 Å². The molecule has 0 N–H and O–H groups in total. The first-order valence-electron chi connectivity index (χ1n) is 34.2. The SMILES string of the molecule is COc1ccc(N=Cc2ccc3cccc([O-])c3n2)cc1.COc1ccc(N=Cc2ccc3cccc([O-])c3n2)cc1.O=C(/C=C(\[O-])c1ccccc1)c1ccccc1.O=C(/C=C(\[O-])c1ccccc1)c1ccccc1.O=C(/C=C(\[O-])c1ccccc1)c1ccccc1.O=C(/C=C(\[O-])c1ccccc1)c1ccccc1.[Eu+3].[Eu+3]. The smallest absolute Gasteiger partial charge is 0.872 e. The number of hydrogen-bond donors (Lipinski definition) is 0. The van der Waals surface area contributed by atoms with Crippen LogP contribution in [0.4, 0.5) is 11.4 Å². The number of carbonyl (C=O) groups is 4. The molecule has 0 aliphatic heterocycles. The summed E-state index contributed by atoms with van der Waals surface area (Å²) in [5, 5.41) is 72.2. The van der Waals surface area contributed by atoms with Gasteiger partial charge in [0.05, 0.1) is 60.4 Å². The molecular weight excluding hydrogens is 1680 g/mol. The number of para-hydroxylation sites is 2. The first-order chi connectivity index (χ1) is 53.6. The maximum absolute atomic E-state index is 11.8. The molecule has 0 unspecified atom stereocenters. The van der Waals surface area contributed by atoms with Crippen molar-refractivity contribution in [3.63, 3.8) is 0 Å². The second kappa shape index (κ2) is 47.2. The molecule has 0 bridgehead atoms. The second-order valence-electron chi connectivity index (χ2n) is 23.5. The van der Waals surface area contributed by atoms with Crippen LogP contribution < -0.4 is 40.1 Å². The van der Waals surface area contributed by atoms with Crippen molar-refractivity contribution in [3.8, 4) is 23.0 Å². The molecule has 14 aromatic rings. The standard InChI is InChI=1S/2C17H14N2O2.4C15H12O2.2Eu/c2*1-21-15-9-7-13(8-10-15)18-11-14-6-5-12-3-2-4-16(20)17(12)19-14;4*16-14(12-7-3-1-4-8-12)11-15(17)13-9-5-2-6-10-13;;/h2*2-11,20H,1H3;4*1-11,16H;;/q;;;;;;2*+3/p-6/b;;4*14-11-;;. The van der Waals surface area contributed by atoms with Gasteiger partial charge in [-0.1, -0.05) is 326 Å². The molecule has 18 heteroatoms. The number of nitrogens with zero attached hydrogens (tertiary/aromatic N) is 4. The molecule has 0 aliphatic carbocycles. The predicted octanol–water partition coefficient (Wildman–Crippen LogP) is 15.2.